The zero-order valence-electron chi connectivity index (χ0n) is 18.2. The summed E-state index contributed by atoms with van der Waals surface area (Å²) < 4.78 is 11.3. The van der Waals surface area contributed by atoms with Gasteiger partial charge in [0.2, 0.25) is 0 Å². The molecule has 3 aromatic carbocycles. The summed E-state index contributed by atoms with van der Waals surface area (Å²) in [5.41, 5.74) is 6.71. The fourth-order valence-corrected chi connectivity index (χ4v) is 2.85. The van der Waals surface area contributed by atoms with E-state index in [1.54, 1.807) is 37.4 Å². The number of hydrazone groups is 1. The van der Waals surface area contributed by atoms with Gasteiger partial charge in [-0.3, -0.25) is 9.59 Å². The second-order valence-electron chi connectivity index (χ2n) is 7.14. The van der Waals surface area contributed by atoms with Crippen LogP contribution in [0.5, 0.6) is 11.5 Å². The molecule has 164 valence electrons. The Balaban J connectivity index is 1.57. The number of hydrogen-bond acceptors (Lipinski definition) is 5. The Hall–Kier alpha value is -4.13. The van der Waals surface area contributed by atoms with Gasteiger partial charge in [0.1, 0.15) is 6.61 Å². The van der Waals surface area contributed by atoms with E-state index in [0.717, 1.165) is 16.7 Å². The molecule has 2 N–H and O–H groups in total. The largest absolute Gasteiger partial charge is 0.493 e. The van der Waals surface area contributed by atoms with Crippen molar-refractivity contribution in [1.82, 2.24) is 5.43 Å². The van der Waals surface area contributed by atoms with Gasteiger partial charge in [0.15, 0.2) is 11.5 Å². The normalized spacial score (nSPS) is 10.6. The van der Waals surface area contributed by atoms with Gasteiger partial charge in [-0.15, -0.1) is 0 Å². The zero-order chi connectivity index (χ0) is 22.9. The number of aryl methyl sites for hydroxylation is 2. The predicted molar refractivity (Wildman–Crippen MR) is 124 cm³/mol. The Morgan fingerprint density at radius 3 is 2.41 bits per heavy atom. The van der Waals surface area contributed by atoms with Gasteiger partial charge in [0, 0.05) is 5.69 Å². The van der Waals surface area contributed by atoms with E-state index in [4.69, 9.17) is 9.47 Å². The van der Waals surface area contributed by atoms with Crippen molar-refractivity contribution >= 4 is 23.7 Å². The number of nitrogens with one attached hydrogen (secondary N) is 2. The fraction of sp³-hybridized carbons (Fsp3) is 0.160. The van der Waals surface area contributed by atoms with Crippen molar-refractivity contribution in [3.8, 4) is 11.5 Å². The molecular weight excluding hydrogens is 406 g/mol. The summed E-state index contributed by atoms with van der Waals surface area (Å²) in [6, 6.07) is 20.4. The lowest BCUT2D eigenvalue weighted by Crippen LogP contribution is -2.32. The maximum absolute atomic E-state index is 12.0. The number of carbonyl (C=O) groups excluding carboxylic acids is 2. The number of nitrogens with zero attached hydrogens (tertiary/aromatic N) is 1. The van der Waals surface area contributed by atoms with Gasteiger partial charge in [0.05, 0.1) is 13.3 Å². The minimum absolute atomic E-state index is 0.419. The van der Waals surface area contributed by atoms with Crippen LogP contribution in [0.1, 0.15) is 22.3 Å². The van der Waals surface area contributed by atoms with Gasteiger partial charge in [-0.05, 0) is 60.9 Å². The maximum atomic E-state index is 12.0. The van der Waals surface area contributed by atoms with E-state index in [0.29, 0.717) is 29.4 Å². The van der Waals surface area contributed by atoms with Crippen LogP contribution in [0.25, 0.3) is 0 Å². The van der Waals surface area contributed by atoms with E-state index < -0.39 is 11.8 Å². The van der Waals surface area contributed by atoms with Crippen LogP contribution in [0.4, 0.5) is 5.69 Å². The monoisotopic (exact) mass is 431 g/mol. The molecule has 2 amide bonds. The maximum Gasteiger partial charge on any atom is 0.329 e. The van der Waals surface area contributed by atoms with E-state index in [1.807, 2.05) is 50.2 Å². The number of rotatable bonds is 7. The van der Waals surface area contributed by atoms with Crippen LogP contribution >= 0.6 is 0 Å². The third-order valence-corrected chi connectivity index (χ3v) is 4.73. The van der Waals surface area contributed by atoms with E-state index in [-0.39, 0.29) is 0 Å². The average molecular weight is 431 g/mol. The Bertz CT molecular complexity index is 1120. The lowest BCUT2D eigenvalue weighted by molar-refractivity contribution is -0.136. The van der Waals surface area contributed by atoms with E-state index in [9.17, 15) is 9.59 Å². The molecule has 0 unspecified atom stereocenters. The topological polar surface area (TPSA) is 89.0 Å². The lowest BCUT2D eigenvalue weighted by atomic mass is 10.1. The van der Waals surface area contributed by atoms with Crippen molar-refractivity contribution in [1.29, 1.82) is 0 Å². The van der Waals surface area contributed by atoms with Crippen molar-refractivity contribution in [2.75, 3.05) is 12.4 Å². The summed E-state index contributed by atoms with van der Waals surface area (Å²) in [6.45, 7) is 4.39. The number of hydrogen-bond donors (Lipinski definition) is 2. The van der Waals surface area contributed by atoms with Gasteiger partial charge in [0.25, 0.3) is 0 Å². The SMILES string of the molecule is COc1cc(C=NNC(=O)C(=O)Nc2ccc(C)cc2)ccc1OCc1ccccc1C. The third-order valence-electron chi connectivity index (χ3n) is 4.73. The van der Waals surface area contributed by atoms with Crippen molar-refractivity contribution in [3.63, 3.8) is 0 Å². The summed E-state index contributed by atoms with van der Waals surface area (Å²) >= 11 is 0. The van der Waals surface area contributed by atoms with Crippen LogP contribution in [-0.2, 0) is 16.2 Å². The van der Waals surface area contributed by atoms with Crippen LogP contribution in [0.3, 0.4) is 0 Å². The summed E-state index contributed by atoms with van der Waals surface area (Å²) in [6.07, 6.45) is 1.42. The van der Waals surface area contributed by atoms with Crippen LogP contribution < -0.4 is 20.2 Å². The first-order valence-corrected chi connectivity index (χ1v) is 10.0. The molecule has 0 saturated carbocycles. The molecular formula is C25H25N3O4. The summed E-state index contributed by atoms with van der Waals surface area (Å²) in [5.74, 6) is -0.545. The molecule has 0 aliphatic rings. The highest BCUT2D eigenvalue weighted by molar-refractivity contribution is 6.39. The molecule has 0 saturated heterocycles. The molecule has 0 aliphatic carbocycles. The Labute approximate surface area is 187 Å². The molecule has 3 aromatic rings. The van der Waals surface area contributed by atoms with Crippen molar-refractivity contribution < 1.29 is 19.1 Å². The molecule has 0 aliphatic heterocycles. The van der Waals surface area contributed by atoms with Crippen LogP contribution in [0.2, 0.25) is 0 Å². The summed E-state index contributed by atoms with van der Waals surface area (Å²) in [5, 5.41) is 6.36. The standard InChI is InChI=1S/C25H25N3O4/c1-17-8-11-21(12-9-17)27-24(29)25(30)28-26-15-19-10-13-22(23(14-19)31-3)32-16-20-7-5-4-6-18(20)2/h4-15H,16H2,1-3H3,(H,27,29)(H,28,30). The first-order chi connectivity index (χ1) is 15.5. The summed E-state index contributed by atoms with van der Waals surface area (Å²) in [7, 11) is 1.55. The molecule has 0 spiro atoms. The summed E-state index contributed by atoms with van der Waals surface area (Å²) in [4.78, 5) is 23.9. The van der Waals surface area contributed by atoms with Gasteiger partial charge >= 0.3 is 11.8 Å². The van der Waals surface area contributed by atoms with Crippen LogP contribution in [0.15, 0.2) is 71.8 Å². The molecule has 3 rings (SSSR count). The molecule has 32 heavy (non-hydrogen) atoms. The van der Waals surface area contributed by atoms with Gasteiger partial charge in [-0.2, -0.15) is 5.10 Å². The number of anilines is 1. The highest BCUT2D eigenvalue weighted by Crippen LogP contribution is 2.28. The third kappa shape index (κ3) is 6.18. The second-order valence-corrected chi connectivity index (χ2v) is 7.14. The first-order valence-electron chi connectivity index (χ1n) is 10.0. The van der Waals surface area contributed by atoms with Crippen LogP contribution in [0, 0.1) is 13.8 Å². The Morgan fingerprint density at radius 2 is 1.69 bits per heavy atom. The molecule has 0 fully saturated rings. The fourth-order valence-electron chi connectivity index (χ4n) is 2.85. The van der Waals surface area contributed by atoms with Gasteiger partial charge in [-0.1, -0.05) is 42.0 Å². The number of carbonyl (C=O) groups is 2. The molecule has 7 nitrogen and oxygen atoms in total. The number of ether oxygens (including phenoxy) is 2. The lowest BCUT2D eigenvalue weighted by Gasteiger charge is -2.12. The molecule has 0 radical (unpaired) electrons. The smallest absolute Gasteiger partial charge is 0.329 e. The first kappa shape index (κ1) is 22.6. The van der Waals surface area contributed by atoms with Crippen molar-refractivity contribution in [2.24, 2.45) is 5.10 Å². The minimum Gasteiger partial charge on any atom is -0.493 e. The second kappa shape index (κ2) is 10.8. The zero-order valence-corrected chi connectivity index (χ0v) is 18.2. The van der Waals surface area contributed by atoms with Crippen LogP contribution in [-0.4, -0.2) is 25.1 Å². The highest BCUT2D eigenvalue weighted by Gasteiger charge is 2.13. The van der Waals surface area contributed by atoms with Gasteiger partial charge in [-0.25, -0.2) is 5.43 Å². The predicted octanol–water partition coefficient (Wildman–Crippen LogP) is 3.98. The molecule has 0 bridgehead atoms. The highest BCUT2D eigenvalue weighted by atomic mass is 16.5. The molecule has 7 heteroatoms. The molecule has 0 aromatic heterocycles. The quantitative estimate of drug-likeness (QED) is 0.336. The van der Waals surface area contributed by atoms with Crippen molar-refractivity contribution in [2.45, 2.75) is 20.5 Å². The minimum atomic E-state index is -0.869. The van der Waals surface area contributed by atoms with Crippen molar-refractivity contribution in [3.05, 3.63) is 89.0 Å². The Morgan fingerprint density at radius 1 is 0.938 bits per heavy atom. The Kier molecular flexibility index (Phi) is 7.59. The van der Waals surface area contributed by atoms with E-state index >= 15 is 0 Å². The number of methoxy groups -OCH3 is 1. The number of amides is 2. The number of benzene rings is 3. The van der Waals surface area contributed by atoms with E-state index in [2.05, 4.69) is 15.8 Å². The molecule has 0 atom stereocenters. The van der Waals surface area contributed by atoms with E-state index in [1.165, 1.54) is 6.21 Å². The van der Waals surface area contributed by atoms with Gasteiger partial charge < -0.3 is 14.8 Å². The molecule has 0 heterocycles. The average Bonchev–Trinajstić information content (AvgIpc) is 2.80.